The molecule has 0 amide bonds. The molecule has 0 radical (unpaired) electrons. The van der Waals surface area contributed by atoms with Gasteiger partial charge in [0.05, 0.1) is 18.9 Å². The van der Waals surface area contributed by atoms with Crippen molar-refractivity contribution in [3.8, 4) is 11.3 Å². The summed E-state index contributed by atoms with van der Waals surface area (Å²) in [5.41, 5.74) is 2.08. The highest BCUT2D eigenvalue weighted by Crippen LogP contribution is 2.33. The fourth-order valence-electron chi connectivity index (χ4n) is 3.86. The Morgan fingerprint density at radius 2 is 1.67 bits per heavy atom. The molecule has 0 bridgehead atoms. The predicted molar refractivity (Wildman–Crippen MR) is 107 cm³/mol. The molecule has 3 heterocycles. The summed E-state index contributed by atoms with van der Waals surface area (Å²) in [4.78, 5) is 14.3. The summed E-state index contributed by atoms with van der Waals surface area (Å²) in [6.45, 7) is 9.25. The fourth-order valence-corrected chi connectivity index (χ4v) is 3.86. The van der Waals surface area contributed by atoms with Crippen LogP contribution in [0.2, 0.25) is 0 Å². The third kappa shape index (κ3) is 3.77. The smallest absolute Gasteiger partial charge is 0.227 e. The molecule has 0 atom stereocenters. The van der Waals surface area contributed by atoms with Crippen LogP contribution in [0.3, 0.4) is 0 Å². The third-order valence-electron chi connectivity index (χ3n) is 5.48. The summed E-state index contributed by atoms with van der Waals surface area (Å²) in [5.74, 6) is 1.40. The summed E-state index contributed by atoms with van der Waals surface area (Å²) in [6.07, 6.45) is 1.71. The van der Waals surface area contributed by atoms with E-state index < -0.39 is 0 Å². The quantitative estimate of drug-likeness (QED) is 0.807. The average Bonchev–Trinajstić information content (AvgIpc) is 3.18. The van der Waals surface area contributed by atoms with Gasteiger partial charge in [-0.05, 0) is 13.8 Å². The summed E-state index contributed by atoms with van der Waals surface area (Å²) in [7, 11) is 0. The molecule has 2 aromatic rings. The van der Waals surface area contributed by atoms with Gasteiger partial charge in [0.2, 0.25) is 5.95 Å². The van der Waals surface area contributed by atoms with E-state index in [1.807, 2.05) is 18.2 Å². The minimum Gasteiger partial charge on any atom is -0.357 e. The predicted octanol–water partition coefficient (Wildman–Crippen LogP) is 3.33. The van der Waals surface area contributed by atoms with Gasteiger partial charge in [0.15, 0.2) is 5.79 Å². The minimum absolute atomic E-state index is 0.380. The van der Waals surface area contributed by atoms with Gasteiger partial charge < -0.3 is 19.3 Å². The Labute approximate surface area is 161 Å². The molecular weight excluding hydrogens is 340 g/mol. The number of hydrogen-bond donors (Lipinski definition) is 0. The van der Waals surface area contributed by atoms with Crippen molar-refractivity contribution >= 4 is 11.8 Å². The summed E-state index contributed by atoms with van der Waals surface area (Å²) >= 11 is 0. The van der Waals surface area contributed by atoms with E-state index in [0.29, 0.717) is 13.2 Å². The van der Waals surface area contributed by atoms with Crippen LogP contribution >= 0.6 is 0 Å². The van der Waals surface area contributed by atoms with Gasteiger partial charge in [-0.15, -0.1) is 0 Å². The highest BCUT2D eigenvalue weighted by molar-refractivity contribution is 5.65. The molecule has 144 valence electrons. The van der Waals surface area contributed by atoms with Gasteiger partial charge in [0, 0.05) is 50.7 Å². The Bertz CT molecular complexity index is 748. The van der Waals surface area contributed by atoms with Crippen molar-refractivity contribution in [2.45, 2.75) is 32.5 Å². The summed E-state index contributed by atoms with van der Waals surface area (Å²) < 4.78 is 11.7. The number of benzene rings is 1. The molecule has 6 heteroatoms. The molecule has 2 aliphatic rings. The van der Waals surface area contributed by atoms with Gasteiger partial charge >= 0.3 is 0 Å². The first-order valence-electron chi connectivity index (χ1n) is 9.95. The highest BCUT2D eigenvalue weighted by Gasteiger charge is 2.40. The van der Waals surface area contributed by atoms with Gasteiger partial charge in [0.25, 0.3) is 0 Å². The molecule has 0 saturated carbocycles. The second kappa shape index (κ2) is 7.82. The Morgan fingerprint density at radius 3 is 2.30 bits per heavy atom. The lowest BCUT2D eigenvalue weighted by molar-refractivity contribution is -0.169. The topological polar surface area (TPSA) is 50.7 Å². The first-order chi connectivity index (χ1) is 13.2. The molecule has 1 aromatic heterocycles. The van der Waals surface area contributed by atoms with Crippen molar-refractivity contribution in [3.63, 3.8) is 0 Å². The van der Waals surface area contributed by atoms with Gasteiger partial charge in [-0.1, -0.05) is 30.3 Å². The molecule has 2 fully saturated rings. The Balaban J connectivity index is 1.64. The van der Waals surface area contributed by atoms with E-state index in [-0.39, 0.29) is 5.79 Å². The molecule has 0 unspecified atom stereocenters. The Hall–Kier alpha value is -2.18. The second-order valence-corrected chi connectivity index (χ2v) is 7.04. The average molecular weight is 368 g/mol. The van der Waals surface area contributed by atoms with Crippen LogP contribution in [-0.4, -0.2) is 55.1 Å². The lowest BCUT2D eigenvalue weighted by Gasteiger charge is -2.37. The molecule has 2 aliphatic heterocycles. The number of aromatic nitrogens is 2. The van der Waals surface area contributed by atoms with Crippen LogP contribution in [0.4, 0.5) is 11.8 Å². The first-order valence-corrected chi connectivity index (χ1v) is 9.95. The maximum absolute atomic E-state index is 5.86. The van der Waals surface area contributed by atoms with E-state index in [2.05, 4.69) is 41.8 Å². The number of rotatable bonds is 5. The van der Waals surface area contributed by atoms with Crippen molar-refractivity contribution in [1.82, 2.24) is 9.97 Å². The molecule has 2 saturated heterocycles. The van der Waals surface area contributed by atoms with Crippen LogP contribution in [-0.2, 0) is 9.47 Å². The van der Waals surface area contributed by atoms with Crippen LogP contribution in [0.25, 0.3) is 11.3 Å². The van der Waals surface area contributed by atoms with E-state index >= 15 is 0 Å². The van der Waals surface area contributed by atoms with Crippen LogP contribution < -0.4 is 9.80 Å². The number of nitrogens with zero attached hydrogens (tertiary/aromatic N) is 4. The van der Waals surface area contributed by atoms with Gasteiger partial charge in [-0.3, -0.25) is 0 Å². The molecule has 0 aliphatic carbocycles. The monoisotopic (exact) mass is 368 g/mol. The largest absolute Gasteiger partial charge is 0.357 e. The van der Waals surface area contributed by atoms with Gasteiger partial charge in [-0.25, -0.2) is 4.98 Å². The Kier molecular flexibility index (Phi) is 5.27. The molecule has 1 spiro atoms. The van der Waals surface area contributed by atoms with Gasteiger partial charge in [-0.2, -0.15) is 4.98 Å². The number of ether oxygens (including phenoxy) is 2. The van der Waals surface area contributed by atoms with Crippen LogP contribution in [0.15, 0.2) is 36.4 Å². The molecular formula is C21H28N4O2. The zero-order valence-electron chi connectivity index (χ0n) is 16.2. The van der Waals surface area contributed by atoms with E-state index in [1.54, 1.807) is 0 Å². The maximum Gasteiger partial charge on any atom is 0.227 e. The summed E-state index contributed by atoms with van der Waals surface area (Å²) in [5, 5.41) is 0. The number of hydrogen-bond acceptors (Lipinski definition) is 6. The van der Waals surface area contributed by atoms with E-state index in [9.17, 15) is 0 Å². The van der Waals surface area contributed by atoms with Crippen LogP contribution in [0.1, 0.15) is 26.7 Å². The maximum atomic E-state index is 5.86. The fraction of sp³-hybridized carbons (Fsp3) is 0.524. The zero-order valence-corrected chi connectivity index (χ0v) is 16.2. The van der Waals surface area contributed by atoms with Crippen molar-refractivity contribution in [2.24, 2.45) is 0 Å². The first kappa shape index (κ1) is 18.2. The lowest BCUT2D eigenvalue weighted by Crippen LogP contribution is -2.45. The standard InChI is InChI=1S/C21H28N4O2/c1-3-24(4-2)19-16-18(17-8-6-5-7-9-17)22-20(23-19)25-12-10-21(11-13-25)26-14-15-27-21/h5-9,16H,3-4,10-15H2,1-2H3. The molecule has 6 nitrogen and oxygen atoms in total. The molecule has 4 rings (SSSR count). The molecule has 0 N–H and O–H groups in total. The SMILES string of the molecule is CCN(CC)c1cc(-c2ccccc2)nc(N2CCC3(CC2)OCCO3)n1. The lowest BCUT2D eigenvalue weighted by atomic mass is 10.0. The third-order valence-corrected chi connectivity index (χ3v) is 5.48. The normalized spacial score (nSPS) is 18.8. The van der Waals surface area contributed by atoms with Gasteiger partial charge in [0.1, 0.15) is 5.82 Å². The van der Waals surface area contributed by atoms with Crippen molar-refractivity contribution < 1.29 is 9.47 Å². The van der Waals surface area contributed by atoms with Crippen LogP contribution in [0.5, 0.6) is 0 Å². The molecule has 1 aromatic carbocycles. The minimum atomic E-state index is -0.380. The Morgan fingerprint density at radius 1 is 1.00 bits per heavy atom. The second-order valence-electron chi connectivity index (χ2n) is 7.04. The van der Waals surface area contributed by atoms with E-state index in [1.165, 1.54) is 0 Å². The van der Waals surface area contributed by atoms with Crippen molar-refractivity contribution in [3.05, 3.63) is 36.4 Å². The number of anilines is 2. The van der Waals surface area contributed by atoms with Crippen LogP contribution in [0, 0.1) is 0 Å². The number of piperidine rings is 1. The summed E-state index contributed by atoms with van der Waals surface area (Å²) in [6, 6.07) is 12.4. The van der Waals surface area contributed by atoms with Crippen molar-refractivity contribution in [1.29, 1.82) is 0 Å². The highest BCUT2D eigenvalue weighted by atomic mass is 16.7. The zero-order chi connectivity index (χ0) is 18.7. The van der Waals surface area contributed by atoms with E-state index in [4.69, 9.17) is 19.4 Å². The molecule has 27 heavy (non-hydrogen) atoms. The van der Waals surface area contributed by atoms with Crippen molar-refractivity contribution in [2.75, 3.05) is 49.2 Å². The van der Waals surface area contributed by atoms with E-state index in [0.717, 1.165) is 62.0 Å².